The van der Waals surface area contributed by atoms with E-state index in [2.05, 4.69) is 10.1 Å². The van der Waals surface area contributed by atoms with E-state index in [4.69, 9.17) is 5.73 Å². The molecular weight excluding hydrogens is 140 g/mol. The van der Waals surface area contributed by atoms with E-state index in [-0.39, 0.29) is 0 Å². The van der Waals surface area contributed by atoms with Crippen LogP contribution in [-0.4, -0.2) is 14.8 Å². The van der Waals surface area contributed by atoms with Crippen LogP contribution < -0.4 is 5.73 Å². The van der Waals surface area contributed by atoms with Crippen LogP contribution in [0.15, 0.2) is 6.33 Å². The number of hydrogen-bond donors (Lipinski definition) is 1. The molecule has 0 saturated heterocycles. The van der Waals surface area contributed by atoms with Gasteiger partial charge in [0.1, 0.15) is 6.33 Å². The third-order valence-corrected chi connectivity index (χ3v) is 2.27. The monoisotopic (exact) mass is 152 g/mol. The van der Waals surface area contributed by atoms with E-state index in [1.807, 2.05) is 4.68 Å². The predicted molar refractivity (Wildman–Crippen MR) is 41.9 cm³/mol. The summed E-state index contributed by atoms with van der Waals surface area (Å²) in [5.41, 5.74) is 5.61. The van der Waals surface area contributed by atoms with Gasteiger partial charge in [0.25, 0.3) is 0 Å². The molecule has 1 aromatic heterocycles. The zero-order valence-electron chi connectivity index (χ0n) is 6.40. The van der Waals surface area contributed by atoms with Crippen molar-refractivity contribution in [3.8, 4) is 0 Å². The van der Waals surface area contributed by atoms with Crippen LogP contribution >= 0.6 is 0 Å². The second-order valence-electron chi connectivity index (χ2n) is 3.00. The van der Waals surface area contributed by atoms with Gasteiger partial charge in [-0.1, -0.05) is 12.8 Å². The number of anilines is 1. The molecule has 0 unspecified atom stereocenters. The fourth-order valence-corrected chi connectivity index (χ4v) is 1.69. The Balaban J connectivity index is 2.21. The molecule has 1 fully saturated rings. The Morgan fingerprint density at radius 1 is 1.45 bits per heavy atom. The molecule has 1 saturated carbocycles. The number of aromatic nitrogens is 3. The van der Waals surface area contributed by atoms with Crippen LogP contribution in [0.5, 0.6) is 0 Å². The third-order valence-electron chi connectivity index (χ3n) is 2.27. The van der Waals surface area contributed by atoms with E-state index < -0.39 is 0 Å². The van der Waals surface area contributed by atoms with Crippen LogP contribution in [0.1, 0.15) is 31.7 Å². The summed E-state index contributed by atoms with van der Waals surface area (Å²) in [4.78, 5) is 3.89. The first-order valence-electron chi connectivity index (χ1n) is 4.03. The first kappa shape index (κ1) is 6.64. The SMILES string of the molecule is Nc1ncnn1C1CCCC1. The number of nitrogen functional groups attached to an aromatic ring is 1. The van der Waals surface area contributed by atoms with Gasteiger partial charge in [0.05, 0.1) is 6.04 Å². The minimum absolute atomic E-state index is 0.512. The lowest BCUT2D eigenvalue weighted by molar-refractivity contribution is 0.473. The number of rotatable bonds is 1. The van der Waals surface area contributed by atoms with Crippen molar-refractivity contribution < 1.29 is 0 Å². The van der Waals surface area contributed by atoms with Gasteiger partial charge in [-0.2, -0.15) is 5.10 Å². The molecular formula is C7H12N4. The fraction of sp³-hybridized carbons (Fsp3) is 0.714. The molecule has 1 heterocycles. The molecule has 0 spiro atoms. The molecule has 2 rings (SSSR count). The number of hydrogen-bond acceptors (Lipinski definition) is 3. The molecule has 4 nitrogen and oxygen atoms in total. The highest BCUT2D eigenvalue weighted by Crippen LogP contribution is 2.29. The van der Waals surface area contributed by atoms with Crippen LogP contribution in [0.4, 0.5) is 5.95 Å². The summed E-state index contributed by atoms with van der Waals surface area (Å²) in [6.45, 7) is 0. The summed E-state index contributed by atoms with van der Waals surface area (Å²) in [7, 11) is 0. The molecule has 0 radical (unpaired) electrons. The van der Waals surface area contributed by atoms with E-state index in [0.717, 1.165) is 0 Å². The van der Waals surface area contributed by atoms with Crippen LogP contribution in [-0.2, 0) is 0 Å². The molecule has 1 aromatic rings. The summed E-state index contributed by atoms with van der Waals surface area (Å²) >= 11 is 0. The van der Waals surface area contributed by atoms with Crippen LogP contribution in [0.2, 0.25) is 0 Å². The topological polar surface area (TPSA) is 56.7 Å². The molecule has 0 atom stereocenters. The van der Waals surface area contributed by atoms with Crippen molar-refractivity contribution in [3.63, 3.8) is 0 Å². The smallest absolute Gasteiger partial charge is 0.218 e. The van der Waals surface area contributed by atoms with E-state index >= 15 is 0 Å². The lowest BCUT2D eigenvalue weighted by Gasteiger charge is -2.09. The highest BCUT2D eigenvalue weighted by atomic mass is 15.4. The van der Waals surface area contributed by atoms with Crippen LogP contribution in [0, 0.1) is 0 Å². The fourth-order valence-electron chi connectivity index (χ4n) is 1.69. The molecule has 60 valence electrons. The van der Waals surface area contributed by atoms with Gasteiger partial charge < -0.3 is 5.73 Å². The van der Waals surface area contributed by atoms with Gasteiger partial charge >= 0.3 is 0 Å². The van der Waals surface area contributed by atoms with Gasteiger partial charge in [-0.3, -0.25) is 0 Å². The predicted octanol–water partition coefficient (Wildman–Crippen LogP) is 0.975. The van der Waals surface area contributed by atoms with Crippen LogP contribution in [0.25, 0.3) is 0 Å². The van der Waals surface area contributed by atoms with Gasteiger partial charge in [-0.05, 0) is 12.8 Å². The van der Waals surface area contributed by atoms with E-state index in [1.165, 1.54) is 32.0 Å². The first-order valence-corrected chi connectivity index (χ1v) is 4.03. The second kappa shape index (κ2) is 2.53. The zero-order valence-corrected chi connectivity index (χ0v) is 6.40. The maximum Gasteiger partial charge on any atom is 0.218 e. The quantitative estimate of drug-likeness (QED) is 0.652. The standard InChI is InChI=1S/C7H12N4/c8-7-9-5-10-11(7)6-3-1-2-4-6/h5-6H,1-4H2,(H2,8,9,10). The van der Waals surface area contributed by atoms with Crippen molar-refractivity contribution in [1.29, 1.82) is 0 Å². The molecule has 11 heavy (non-hydrogen) atoms. The highest BCUT2D eigenvalue weighted by Gasteiger charge is 2.18. The normalized spacial score (nSPS) is 19.3. The minimum Gasteiger partial charge on any atom is -0.368 e. The number of nitrogens with two attached hydrogens (primary N) is 1. The van der Waals surface area contributed by atoms with Crippen molar-refractivity contribution in [2.24, 2.45) is 0 Å². The van der Waals surface area contributed by atoms with Crippen molar-refractivity contribution in [1.82, 2.24) is 14.8 Å². The largest absolute Gasteiger partial charge is 0.368 e. The van der Waals surface area contributed by atoms with Gasteiger partial charge in [0.2, 0.25) is 5.95 Å². The summed E-state index contributed by atoms with van der Waals surface area (Å²) in [6.07, 6.45) is 6.52. The first-order chi connectivity index (χ1) is 5.38. The van der Waals surface area contributed by atoms with Crippen LogP contribution in [0.3, 0.4) is 0 Å². The van der Waals surface area contributed by atoms with Crippen molar-refractivity contribution >= 4 is 5.95 Å². The van der Waals surface area contributed by atoms with Gasteiger partial charge in [-0.25, -0.2) is 9.67 Å². The Bertz CT molecular complexity index is 236. The number of nitrogens with zero attached hydrogens (tertiary/aromatic N) is 3. The van der Waals surface area contributed by atoms with Gasteiger partial charge in [-0.15, -0.1) is 0 Å². The average Bonchev–Trinajstić information content (AvgIpc) is 2.55. The molecule has 1 aliphatic carbocycles. The Morgan fingerprint density at radius 2 is 2.18 bits per heavy atom. The summed E-state index contributed by atoms with van der Waals surface area (Å²) in [6, 6.07) is 0.512. The highest BCUT2D eigenvalue weighted by molar-refractivity contribution is 5.13. The van der Waals surface area contributed by atoms with Gasteiger partial charge in [0, 0.05) is 0 Å². The maximum atomic E-state index is 5.61. The Labute approximate surface area is 65.4 Å². The molecule has 0 amide bonds. The third kappa shape index (κ3) is 1.08. The molecule has 4 heteroatoms. The second-order valence-corrected chi connectivity index (χ2v) is 3.00. The van der Waals surface area contributed by atoms with E-state index in [0.29, 0.717) is 12.0 Å². The lowest BCUT2D eigenvalue weighted by atomic mass is 10.3. The Morgan fingerprint density at radius 3 is 2.73 bits per heavy atom. The zero-order chi connectivity index (χ0) is 7.68. The lowest BCUT2D eigenvalue weighted by Crippen LogP contribution is -2.09. The molecule has 2 N–H and O–H groups in total. The Hall–Kier alpha value is -1.06. The molecule has 0 bridgehead atoms. The van der Waals surface area contributed by atoms with Crippen molar-refractivity contribution in [2.45, 2.75) is 31.7 Å². The van der Waals surface area contributed by atoms with Gasteiger partial charge in [0.15, 0.2) is 0 Å². The van der Waals surface area contributed by atoms with Crippen molar-refractivity contribution in [3.05, 3.63) is 6.33 Å². The maximum absolute atomic E-state index is 5.61. The summed E-state index contributed by atoms with van der Waals surface area (Å²) in [5.74, 6) is 0.553. The molecule has 0 aliphatic heterocycles. The summed E-state index contributed by atoms with van der Waals surface area (Å²) < 4.78 is 1.84. The van der Waals surface area contributed by atoms with Crippen molar-refractivity contribution in [2.75, 3.05) is 5.73 Å². The van der Waals surface area contributed by atoms with E-state index in [1.54, 1.807) is 0 Å². The molecule has 0 aromatic carbocycles. The van der Waals surface area contributed by atoms with E-state index in [9.17, 15) is 0 Å². The Kier molecular flexibility index (Phi) is 1.52. The molecule has 1 aliphatic rings. The minimum atomic E-state index is 0.512. The average molecular weight is 152 g/mol. The summed E-state index contributed by atoms with van der Waals surface area (Å²) in [5, 5.41) is 4.08.